The first-order valence-electron chi connectivity index (χ1n) is 7.57. The normalized spacial score (nSPS) is 10.2. The minimum atomic E-state index is 0.0837. The SMILES string of the molecule is COc1ccc(CCCCC(=O)NCc2ccccn2)cc1. The Morgan fingerprint density at radius 1 is 1.14 bits per heavy atom. The van der Waals surface area contributed by atoms with Crippen LogP contribution >= 0.6 is 0 Å². The Bertz CT molecular complexity index is 567. The van der Waals surface area contributed by atoms with E-state index < -0.39 is 0 Å². The number of hydrogen-bond acceptors (Lipinski definition) is 3. The highest BCUT2D eigenvalue weighted by molar-refractivity contribution is 5.75. The molecule has 0 aliphatic rings. The number of ether oxygens (including phenoxy) is 1. The number of amides is 1. The van der Waals surface area contributed by atoms with Gasteiger partial charge in [0.05, 0.1) is 19.3 Å². The third-order valence-electron chi connectivity index (χ3n) is 3.47. The van der Waals surface area contributed by atoms with E-state index in [0.29, 0.717) is 13.0 Å². The van der Waals surface area contributed by atoms with Gasteiger partial charge >= 0.3 is 0 Å². The van der Waals surface area contributed by atoms with Gasteiger partial charge in [-0.15, -0.1) is 0 Å². The second-order valence-electron chi connectivity index (χ2n) is 5.15. The number of hydrogen-bond donors (Lipinski definition) is 1. The summed E-state index contributed by atoms with van der Waals surface area (Å²) >= 11 is 0. The van der Waals surface area contributed by atoms with Gasteiger partial charge in [0.2, 0.25) is 5.91 Å². The van der Waals surface area contributed by atoms with E-state index in [0.717, 1.165) is 30.7 Å². The van der Waals surface area contributed by atoms with Gasteiger partial charge in [0.15, 0.2) is 0 Å². The monoisotopic (exact) mass is 298 g/mol. The summed E-state index contributed by atoms with van der Waals surface area (Å²) in [5, 5.41) is 2.89. The summed E-state index contributed by atoms with van der Waals surface area (Å²) in [5.74, 6) is 0.957. The Hall–Kier alpha value is -2.36. The molecule has 4 nitrogen and oxygen atoms in total. The zero-order chi connectivity index (χ0) is 15.6. The first-order chi connectivity index (χ1) is 10.8. The lowest BCUT2D eigenvalue weighted by Gasteiger charge is -2.05. The highest BCUT2D eigenvalue weighted by Crippen LogP contribution is 2.13. The standard InChI is InChI=1S/C18H22N2O2/c1-22-17-11-9-15(10-12-17)6-2-3-8-18(21)20-14-16-7-4-5-13-19-16/h4-5,7,9-13H,2-3,6,8,14H2,1H3,(H,20,21). The molecule has 1 heterocycles. The van der Waals surface area contributed by atoms with Crippen molar-refractivity contribution in [2.45, 2.75) is 32.2 Å². The van der Waals surface area contributed by atoms with Crippen LogP contribution in [0.25, 0.3) is 0 Å². The Morgan fingerprint density at radius 3 is 2.64 bits per heavy atom. The minimum absolute atomic E-state index is 0.0837. The van der Waals surface area contributed by atoms with E-state index in [9.17, 15) is 4.79 Å². The van der Waals surface area contributed by atoms with E-state index in [-0.39, 0.29) is 5.91 Å². The largest absolute Gasteiger partial charge is 0.497 e. The Labute approximate surface area is 131 Å². The number of rotatable bonds is 8. The number of benzene rings is 1. The molecule has 0 atom stereocenters. The van der Waals surface area contributed by atoms with Crippen LogP contribution < -0.4 is 10.1 Å². The number of pyridine rings is 1. The van der Waals surface area contributed by atoms with Crippen molar-refractivity contribution in [1.29, 1.82) is 0 Å². The van der Waals surface area contributed by atoms with Crippen LogP contribution in [-0.2, 0) is 17.8 Å². The van der Waals surface area contributed by atoms with Crippen molar-refractivity contribution in [1.82, 2.24) is 10.3 Å². The van der Waals surface area contributed by atoms with E-state index in [2.05, 4.69) is 22.4 Å². The van der Waals surface area contributed by atoms with Crippen molar-refractivity contribution in [2.24, 2.45) is 0 Å². The molecule has 1 N–H and O–H groups in total. The third kappa shape index (κ3) is 5.56. The van der Waals surface area contributed by atoms with Crippen LogP contribution in [0.5, 0.6) is 5.75 Å². The molecule has 116 valence electrons. The molecular formula is C18H22N2O2. The van der Waals surface area contributed by atoms with Gasteiger partial charge < -0.3 is 10.1 Å². The lowest BCUT2D eigenvalue weighted by Crippen LogP contribution is -2.22. The maximum absolute atomic E-state index is 11.8. The fraction of sp³-hybridized carbons (Fsp3) is 0.333. The molecule has 0 aliphatic carbocycles. The van der Waals surface area contributed by atoms with Crippen molar-refractivity contribution in [3.05, 3.63) is 59.9 Å². The third-order valence-corrected chi connectivity index (χ3v) is 3.47. The van der Waals surface area contributed by atoms with E-state index in [1.54, 1.807) is 13.3 Å². The van der Waals surface area contributed by atoms with Crippen LogP contribution in [0.2, 0.25) is 0 Å². The molecule has 0 fully saturated rings. The van der Waals surface area contributed by atoms with Crippen LogP contribution in [0, 0.1) is 0 Å². The average Bonchev–Trinajstić information content (AvgIpc) is 2.58. The molecular weight excluding hydrogens is 276 g/mol. The molecule has 0 unspecified atom stereocenters. The average molecular weight is 298 g/mol. The quantitative estimate of drug-likeness (QED) is 0.762. The Balaban J connectivity index is 1.60. The summed E-state index contributed by atoms with van der Waals surface area (Å²) in [6.45, 7) is 0.498. The fourth-order valence-electron chi connectivity index (χ4n) is 2.19. The maximum Gasteiger partial charge on any atom is 0.220 e. The molecule has 1 amide bonds. The van der Waals surface area contributed by atoms with Gasteiger partial charge in [0, 0.05) is 12.6 Å². The molecule has 2 rings (SSSR count). The van der Waals surface area contributed by atoms with Gasteiger partial charge in [0.1, 0.15) is 5.75 Å². The highest BCUT2D eigenvalue weighted by Gasteiger charge is 2.02. The predicted molar refractivity (Wildman–Crippen MR) is 86.6 cm³/mol. The molecule has 1 aromatic heterocycles. The number of aryl methyl sites for hydroxylation is 1. The summed E-state index contributed by atoms with van der Waals surface area (Å²) in [7, 11) is 1.67. The van der Waals surface area contributed by atoms with Gasteiger partial charge in [-0.1, -0.05) is 18.2 Å². The lowest BCUT2D eigenvalue weighted by atomic mass is 10.1. The van der Waals surface area contributed by atoms with Crippen molar-refractivity contribution < 1.29 is 9.53 Å². The second-order valence-corrected chi connectivity index (χ2v) is 5.15. The predicted octanol–water partition coefficient (Wildman–Crippen LogP) is 3.12. The lowest BCUT2D eigenvalue weighted by molar-refractivity contribution is -0.121. The smallest absolute Gasteiger partial charge is 0.220 e. The van der Waals surface area contributed by atoms with Crippen LogP contribution in [0.15, 0.2) is 48.7 Å². The van der Waals surface area contributed by atoms with E-state index in [1.807, 2.05) is 30.3 Å². The van der Waals surface area contributed by atoms with Crippen LogP contribution in [0.3, 0.4) is 0 Å². The van der Waals surface area contributed by atoms with E-state index in [1.165, 1.54) is 5.56 Å². The van der Waals surface area contributed by atoms with E-state index in [4.69, 9.17) is 4.74 Å². The van der Waals surface area contributed by atoms with Crippen molar-refractivity contribution in [2.75, 3.05) is 7.11 Å². The maximum atomic E-state index is 11.8. The summed E-state index contributed by atoms with van der Waals surface area (Å²) < 4.78 is 5.13. The zero-order valence-electron chi connectivity index (χ0n) is 12.9. The molecule has 0 bridgehead atoms. The first kappa shape index (κ1) is 16.0. The minimum Gasteiger partial charge on any atom is -0.497 e. The van der Waals surface area contributed by atoms with Crippen LogP contribution in [-0.4, -0.2) is 18.0 Å². The van der Waals surface area contributed by atoms with Crippen molar-refractivity contribution in [3.8, 4) is 5.75 Å². The fourth-order valence-corrected chi connectivity index (χ4v) is 2.19. The molecule has 0 saturated carbocycles. The first-order valence-corrected chi connectivity index (χ1v) is 7.57. The second kappa shape index (κ2) is 8.82. The number of carbonyl (C=O) groups is 1. The van der Waals surface area contributed by atoms with Gasteiger partial charge in [-0.2, -0.15) is 0 Å². The molecule has 0 aliphatic heterocycles. The van der Waals surface area contributed by atoms with Crippen LogP contribution in [0.4, 0.5) is 0 Å². The highest BCUT2D eigenvalue weighted by atomic mass is 16.5. The van der Waals surface area contributed by atoms with Crippen molar-refractivity contribution >= 4 is 5.91 Å². The number of carbonyl (C=O) groups excluding carboxylic acids is 1. The molecule has 22 heavy (non-hydrogen) atoms. The number of methoxy groups -OCH3 is 1. The number of nitrogens with zero attached hydrogens (tertiary/aromatic N) is 1. The number of aromatic nitrogens is 1. The molecule has 2 aromatic rings. The molecule has 0 spiro atoms. The van der Waals surface area contributed by atoms with Crippen LogP contribution in [0.1, 0.15) is 30.5 Å². The summed E-state index contributed by atoms with van der Waals surface area (Å²) in [5.41, 5.74) is 2.16. The van der Waals surface area contributed by atoms with Crippen molar-refractivity contribution in [3.63, 3.8) is 0 Å². The molecule has 1 aromatic carbocycles. The summed E-state index contributed by atoms with van der Waals surface area (Å²) in [6, 6.07) is 13.8. The Morgan fingerprint density at radius 2 is 1.95 bits per heavy atom. The van der Waals surface area contributed by atoms with Gasteiger partial charge in [-0.3, -0.25) is 9.78 Å². The summed E-state index contributed by atoms with van der Waals surface area (Å²) in [6.07, 6.45) is 5.17. The summed E-state index contributed by atoms with van der Waals surface area (Å²) in [4.78, 5) is 15.9. The molecule has 4 heteroatoms. The molecule has 0 radical (unpaired) electrons. The number of nitrogens with one attached hydrogen (secondary N) is 1. The topological polar surface area (TPSA) is 51.2 Å². The van der Waals surface area contributed by atoms with Gasteiger partial charge in [-0.25, -0.2) is 0 Å². The van der Waals surface area contributed by atoms with Gasteiger partial charge in [0.25, 0.3) is 0 Å². The zero-order valence-corrected chi connectivity index (χ0v) is 12.9. The number of unbranched alkanes of at least 4 members (excludes halogenated alkanes) is 1. The Kier molecular flexibility index (Phi) is 6.42. The molecule has 0 saturated heterocycles. The van der Waals surface area contributed by atoms with E-state index >= 15 is 0 Å². The van der Waals surface area contributed by atoms with Gasteiger partial charge in [-0.05, 0) is 49.1 Å².